The lowest BCUT2D eigenvalue weighted by molar-refractivity contribution is -0.140. The number of hydrogen-bond donors (Lipinski definition) is 1. The highest BCUT2D eigenvalue weighted by molar-refractivity contribution is 5.70. The summed E-state index contributed by atoms with van der Waals surface area (Å²) in [6.45, 7) is 2.04. The van der Waals surface area contributed by atoms with E-state index < -0.39 is 0 Å². The number of carbonyl (C=O) groups is 1. The normalized spacial score (nSPS) is 12.6. The molecule has 0 bridgehead atoms. The summed E-state index contributed by atoms with van der Waals surface area (Å²) in [5.74, 6) is -0.0872. The van der Waals surface area contributed by atoms with E-state index in [0.29, 0.717) is 0 Å². The lowest BCUT2D eigenvalue weighted by Gasteiger charge is -2.12. The third-order valence-corrected chi connectivity index (χ3v) is 2.52. The van der Waals surface area contributed by atoms with Crippen molar-refractivity contribution in [2.45, 2.75) is 25.7 Å². The molecular formula is C14H18O3. The second-order valence-electron chi connectivity index (χ2n) is 3.82. The van der Waals surface area contributed by atoms with Crippen molar-refractivity contribution in [2.75, 3.05) is 7.11 Å². The molecule has 3 heteroatoms. The summed E-state index contributed by atoms with van der Waals surface area (Å²) < 4.78 is 4.68. The molecule has 0 aliphatic rings. The number of phenols is 1. The number of allylic oxidation sites excluding steroid dienone is 2. The molecule has 0 aromatic heterocycles. The SMILES string of the molecule is CC/C=C/C(CC(=O)OC)c1cccc(O)c1. The molecule has 0 heterocycles. The van der Waals surface area contributed by atoms with E-state index in [1.807, 2.05) is 25.1 Å². The highest BCUT2D eigenvalue weighted by Gasteiger charge is 2.13. The number of rotatable bonds is 5. The van der Waals surface area contributed by atoms with Crippen LogP contribution in [0.4, 0.5) is 0 Å². The number of aromatic hydroxyl groups is 1. The monoisotopic (exact) mass is 234 g/mol. The molecule has 0 saturated carbocycles. The van der Waals surface area contributed by atoms with Gasteiger partial charge >= 0.3 is 5.97 Å². The highest BCUT2D eigenvalue weighted by Crippen LogP contribution is 2.25. The zero-order valence-corrected chi connectivity index (χ0v) is 10.2. The minimum atomic E-state index is -0.251. The highest BCUT2D eigenvalue weighted by atomic mass is 16.5. The molecule has 0 radical (unpaired) electrons. The zero-order valence-electron chi connectivity index (χ0n) is 10.2. The van der Waals surface area contributed by atoms with Gasteiger partial charge in [0, 0.05) is 5.92 Å². The molecule has 0 aliphatic carbocycles. The Morgan fingerprint density at radius 3 is 2.88 bits per heavy atom. The average Bonchev–Trinajstić information content (AvgIpc) is 2.34. The van der Waals surface area contributed by atoms with Crippen molar-refractivity contribution in [3.8, 4) is 5.75 Å². The number of hydrogen-bond acceptors (Lipinski definition) is 3. The van der Waals surface area contributed by atoms with Crippen LogP contribution in [-0.2, 0) is 9.53 Å². The van der Waals surface area contributed by atoms with Crippen LogP contribution in [-0.4, -0.2) is 18.2 Å². The fourth-order valence-corrected chi connectivity index (χ4v) is 1.62. The molecule has 1 aromatic carbocycles. The van der Waals surface area contributed by atoms with Gasteiger partial charge in [0.15, 0.2) is 0 Å². The minimum absolute atomic E-state index is 0.0468. The number of phenolic OH excluding ortho intramolecular Hbond substituents is 1. The summed E-state index contributed by atoms with van der Waals surface area (Å²) in [5, 5.41) is 9.44. The summed E-state index contributed by atoms with van der Waals surface area (Å²) >= 11 is 0. The first kappa shape index (κ1) is 13.3. The lowest BCUT2D eigenvalue weighted by atomic mass is 9.95. The van der Waals surface area contributed by atoms with Gasteiger partial charge in [0.25, 0.3) is 0 Å². The number of benzene rings is 1. The maximum absolute atomic E-state index is 11.3. The number of ether oxygens (including phenoxy) is 1. The second kappa shape index (κ2) is 6.74. The summed E-state index contributed by atoms with van der Waals surface area (Å²) in [4.78, 5) is 11.3. The van der Waals surface area contributed by atoms with Crippen molar-refractivity contribution in [1.82, 2.24) is 0 Å². The van der Waals surface area contributed by atoms with Gasteiger partial charge in [-0.15, -0.1) is 0 Å². The molecule has 1 N–H and O–H groups in total. The van der Waals surface area contributed by atoms with Crippen LogP contribution < -0.4 is 0 Å². The van der Waals surface area contributed by atoms with Crippen molar-refractivity contribution in [3.63, 3.8) is 0 Å². The maximum atomic E-state index is 11.3. The largest absolute Gasteiger partial charge is 0.508 e. The molecule has 0 fully saturated rings. The van der Waals surface area contributed by atoms with Crippen LogP contribution in [0, 0.1) is 0 Å². The van der Waals surface area contributed by atoms with Crippen LogP contribution in [0.1, 0.15) is 31.2 Å². The number of esters is 1. The fourth-order valence-electron chi connectivity index (χ4n) is 1.62. The van der Waals surface area contributed by atoms with Crippen molar-refractivity contribution in [2.24, 2.45) is 0 Å². The molecule has 1 aromatic rings. The smallest absolute Gasteiger partial charge is 0.306 e. The Bertz CT molecular complexity index is 396. The summed E-state index contributed by atoms with van der Waals surface area (Å²) in [7, 11) is 1.38. The summed E-state index contributed by atoms with van der Waals surface area (Å²) in [6, 6.07) is 6.96. The molecule has 17 heavy (non-hydrogen) atoms. The van der Waals surface area contributed by atoms with Gasteiger partial charge in [-0.05, 0) is 24.1 Å². The number of methoxy groups -OCH3 is 1. The van der Waals surface area contributed by atoms with E-state index in [4.69, 9.17) is 0 Å². The van der Waals surface area contributed by atoms with E-state index in [1.54, 1.807) is 18.2 Å². The van der Waals surface area contributed by atoms with E-state index in [0.717, 1.165) is 12.0 Å². The number of carbonyl (C=O) groups excluding carboxylic acids is 1. The van der Waals surface area contributed by atoms with Crippen LogP contribution in [0.3, 0.4) is 0 Å². The molecule has 0 spiro atoms. The molecule has 0 amide bonds. The topological polar surface area (TPSA) is 46.5 Å². The predicted octanol–water partition coefficient (Wildman–Crippen LogP) is 3.01. The van der Waals surface area contributed by atoms with Crippen LogP contribution in [0.2, 0.25) is 0 Å². The second-order valence-corrected chi connectivity index (χ2v) is 3.82. The molecule has 92 valence electrons. The maximum Gasteiger partial charge on any atom is 0.306 e. The van der Waals surface area contributed by atoms with Gasteiger partial charge in [-0.3, -0.25) is 4.79 Å². The summed E-state index contributed by atoms with van der Waals surface area (Å²) in [6.07, 6.45) is 5.19. The Morgan fingerprint density at radius 2 is 2.29 bits per heavy atom. The quantitative estimate of drug-likeness (QED) is 0.629. The Hall–Kier alpha value is -1.77. The Morgan fingerprint density at radius 1 is 1.53 bits per heavy atom. The van der Waals surface area contributed by atoms with Crippen molar-refractivity contribution < 1.29 is 14.6 Å². The Labute approximate surface area is 102 Å². The first-order valence-electron chi connectivity index (χ1n) is 5.69. The first-order chi connectivity index (χ1) is 8.17. The van der Waals surface area contributed by atoms with E-state index in [9.17, 15) is 9.90 Å². The molecule has 0 saturated heterocycles. The molecular weight excluding hydrogens is 216 g/mol. The van der Waals surface area contributed by atoms with Crippen molar-refractivity contribution in [1.29, 1.82) is 0 Å². The molecule has 1 rings (SSSR count). The fraction of sp³-hybridized carbons (Fsp3) is 0.357. The molecule has 3 nitrogen and oxygen atoms in total. The van der Waals surface area contributed by atoms with Gasteiger partial charge in [0.2, 0.25) is 0 Å². The van der Waals surface area contributed by atoms with E-state index >= 15 is 0 Å². The van der Waals surface area contributed by atoms with Crippen LogP contribution >= 0.6 is 0 Å². The van der Waals surface area contributed by atoms with E-state index in [2.05, 4.69) is 4.74 Å². The van der Waals surface area contributed by atoms with Crippen LogP contribution in [0.5, 0.6) is 5.75 Å². The predicted molar refractivity (Wildman–Crippen MR) is 66.9 cm³/mol. The van der Waals surface area contributed by atoms with Gasteiger partial charge in [0.1, 0.15) is 5.75 Å². The first-order valence-corrected chi connectivity index (χ1v) is 5.69. The minimum Gasteiger partial charge on any atom is -0.508 e. The van der Waals surface area contributed by atoms with Crippen LogP contribution in [0.15, 0.2) is 36.4 Å². The van der Waals surface area contributed by atoms with Crippen molar-refractivity contribution >= 4 is 5.97 Å². The third-order valence-electron chi connectivity index (χ3n) is 2.52. The van der Waals surface area contributed by atoms with Gasteiger partial charge in [-0.1, -0.05) is 31.2 Å². The van der Waals surface area contributed by atoms with E-state index in [1.165, 1.54) is 7.11 Å². The lowest BCUT2D eigenvalue weighted by Crippen LogP contribution is -2.06. The summed E-state index contributed by atoms with van der Waals surface area (Å²) in [5.41, 5.74) is 0.917. The molecule has 0 aliphatic heterocycles. The van der Waals surface area contributed by atoms with Gasteiger partial charge < -0.3 is 9.84 Å². The van der Waals surface area contributed by atoms with E-state index in [-0.39, 0.29) is 24.1 Å². The zero-order chi connectivity index (χ0) is 12.7. The van der Waals surface area contributed by atoms with Crippen molar-refractivity contribution in [3.05, 3.63) is 42.0 Å². The van der Waals surface area contributed by atoms with Gasteiger partial charge in [-0.25, -0.2) is 0 Å². The van der Waals surface area contributed by atoms with Gasteiger partial charge in [0.05, 0.1) is 13.5 Å². The standard InChI is InChI=1S/C14H18O3/c1-3-4-6-12(10-14(16)17-2)11-7-5-8-13(15)9-11/h4-9,12,15H,3,10H2,1-2H3/b6-4+. The third kappa shape index (κ3) is 4.31. The van der Waals surface area contributed by atoms with Crippen LogP contribution in [0.25, 0.3) is 0 Å². The Kier molecular flexibility index (Phi) is 5.27. The van der Waals surface area contributed by atoms with Gasteiger partial charge in [-0.2, -0.15) is 0 Å². The average molecular weight is 234 g/mol. The molecule has 1 atom stereocenters. The molecule has 1 unspecified atom stereocenters. The Balaban J connectivity index is 2.89.